The van der Waals surface area contributed by atoms with E-state index in [1.807, 2.05) is 52.0 Å². The van der Waals surface area contributed by atoms with Crippen LogP contribution in [-0.2, 0) is 24.5 Å². The Morgan fingerprint density at radius 1 is 1.35 bits per heavy atom. The van der Waals surface area contributed by atoms with Crippen LogP contribution in [0, 0.1) is 11.3 Å². The van der Waals surface area contributed by atoms with Crippen LogP contribution in [0.4, 0.5) is 5.69 Å². The molecule has 0 aromatic heterocycles. The van der Waals surface area contributed by atoms with Crippen molar-refractivity contribution in [2.75, 3.05) is 4.90 Å². The number of morpholine rings is 1. The van der Waals surface area contributed by atoms with Crippen LogP contribution in [0.15, 0.2) is 36.9 Å². The molecule has 166 valence electrons. The van der Waals surface area contributed by atoms with Gasteiger partial charge in [-0.15, -0.1) is 6.58 Å². The molecule has 7 nitrogen and oxygen atoms in total. The highest BCUT2D eigenvalue weighted by molar-refractivity contribution is 6.01. The van der Waals surface area contributed by atoms with Gasteiger partial charge >= 0.3 is 5.97 Å². The van der Waals surface area contributed by atoms with Crippen LogP contribution < -0.4 is 4.90 Å². The molecule has 0 spiro atoms. The van der Waals surface area contributed by atoms with Crippen LogP contribution in [0.1, 0.15) is 53.0 Å². The summed E-state index contributed by atoms with van der Waals surface area (Å²) in [6, 6.07) is 7.45. The lowest BCUT2D eigenvalue weighted by Gasteiger charge is -2.46. The minimum atomic E-state index is -2.16. The molecule has 2 fully saturated rings. The second kappa shape index (κ2) is 6.66. The maximum atomic E-state index is 13.6. The van der Waals surface area contributed by atoms with E-state index in [1.54, 1.807) is 11.0 Å². The molecule has 2 saturated heterocycles. The number of anilines is 1. The number of hydrogen-bond donors (Lipinski definition) is 1. The Kier molecular flexibility index (Phi) is 4.63. The van der Waals surface area contributed by atoms with Gasteiger partial charge in [-0.05, 0) is 29.4 Å². The average molecular weight is 427 g/mol. The first-order chi connectivity index (χ1) is 14.4. The molecule has 0 radical (unpaired) electrons. The van der Waals surface area contributed by atoms with Crippen LogP contribution in [0.5, 0.6) is 0 Å². The van der Waals surface area contributed by atoms with E-state index in [0.717, 1.165) is 5.56 Å². The summed E-state index contributed by atoms with van der Waals surface area (Å²) in [4.78, 5) is 42.4. The van der Waals surface area contributed by atoms with E-state index in [4.69, 9.17) is 4.74 Å². The molecule has 31 heavy (non-hydrogen) atoms. The van der Waals surface area contributed by atoms with Gasteiger partial charge in [0.05, 0.1) is 5.41 Å². The van der Waals surface area contributed by atoms with E-state index < -0.39 is 40.7 Å². The maximum absolute atomic E-state index is 13.6. The number of ether oxygens (including phenoxy) is 1. The number of rotatable bonds is 4. The topological polar surface area (TPSA) is 87.2 Å². The fourth-order valence-corrected chi connectivity index (χ4v) is 5.66. The molecule has 3 aliphatic rings. The van der Waals surface area contributed by atoms with Gasteiger partial charge in [0, 0.05) is 19.0 Å². The van der Waals surface area contributed by atoms with Gasteiger partial charge in [0.15, 0.2) is 6.10 Å². The number of cyclic esters (lactones) is 1. The van der Waals surface area contributed by atoms with Crippen molar-refractivity contribution >= 4 is 23.5 Å². The number of fused-ring (bicyclic) bond motifs is 5. The Hall–Kier alpha value is -2.67. The molecular formula is C24H30N2O5. The number of para-hydroxylation sites is 1. The Morgan fingerprint density at radius 3 is 2.58 bits per heavy atom. The van der Waals surface area contributed by atoms with Crippen LogP contribution in [0.2, 0.25) is 0 Å². The lowest BCUT2D eigenvalue weighted by molar-refractivity contribution is -0.215. The molecule has 7 heteroatoms. The van der Waals surface area contributed by atoms with Gasteiger partial charge in [0.2, 0.25) is 11.6 Å². The second-order valence-corrected chi connectivity index (χ2v) is 9.90. The average Bonchev–Trinajstić information content (AvgIpc) is 3.14. The molecule has 3 heterocycles. The fourth-order valence-electron chi connectivity index (χ4n) is 5.66. The van der Waals surface area contributed by atoms with Crippen LogP contribution in [-0.4, -0.2) is 45.8 Å². The van der Waals surface area contributed by atoms with Crippen molar-refractivity contribution in [3.63, 3.8) is 0 Å². The molecule has 1 aromatic rings. The van der Waals surface area contributed by atoms with Crippen LogP contribution in [0.25, 0.3) is 0 Å². The maximum Gasteiger partial charge on any atom is 0.360 e. The number of amides is 2. The van der Waals surface area contributed by atoms with E-state index in [-0.39, 0.29) is 18.2 Å². The number of allylic oxidation sites excluding steroid dienone is 1. The highest BCUT2D eigenvalue weighted by Gasteiger charge is 2.76. The van der Waals surface area contributed by atoms with Gasteiger partial charge < -0.3 is 9.84 Å². The first kappa shape index (κ1) is 21.6. The minimum absolute atomic E-state index is 0.0799. The Bertz CT molecular complexity index is 986. The van der Waals surface area contributed by atoms with Crippen molar-refractivity contribution in [1.29, 1.82) is 0 Å². The molecule has 3 aliphatic heterocycles. The molecule has 0 saturated carbocycles. The van der Waals surface area contributed by atoms with Crippen molar-refractivity contribution < 1.29 is 24.2 Å². The Balaban J connectivity index is 2.00. The van der Waals surface area contributed by atoms with E-state index >= 15 is 0 Å². The largest absolute Gasteiger partial charge is 0.449 e. The van der Waals surface area contributed by atoms with E-state index in [2.05, 4.69) is 6.58 Å². The quantitative estimate of drug-likeness (QED) is 0.591. The number of carbonyl (C=O) groups is 3. The number of benzene rings is 1. The van der Waals surface area contributed by atoms with E-state index in [1.165, 1.54) is 11.8 Å². The number of aliphatic hydroxyl groups is 1. The highest BCUT2D eigenvalue weighted by atomic mass is 16.6. The van der Waals surface area contributed by atoms with Crippen LogP contribution in [0.3, 0.4) is 0 Å². The van der Waals surface area contributed by atoms with Crippen molar-refractivity contribution in [3.8, 4) is 0 Å². The van der Waals surface area contributed by atoms with Crippen molar-refractivity contribution in [3.05, 3.63) is 42.5 Å². The smallest absolute Gasteiger partial charge is 0.360 e. The minimum Gasteiger partial charge on any atom is -0.449 e. The lowest BCUT2D eigenvalue weighted by atomic mass is 9.60. The first-order valence-electron chi connectivity index (χ1n) is 10.7. The molecule has 4 unspecified atom stereocenters. The second-order valence-electron chi connectivity index (χ2n) is 9.90. The predicted molar refractivity (Wildman–Crippen MR) is 115 cm³/mol. The van der Waals surface area contributed by atoms with E-state index in [9.17, 15) is 19.5 Å². The van der Waals surface area contributed by atoms with Crippen LogP contribution >= 0.6 is 0 Å². The number of carbonyl (C=O) groups excluding carboxylic acids is 3. The summed E-state index contributed by atoms with van der Waals surface area (Å²) in [5.74, 6) is -1.47. The van der Waals surface area contributed by atoms with E-state index in [0.29, 0.717) is 12.1 Å². The molecule has 1 aromatic carbocycles. The summed E-state index contributed by atoms with van der Waals surface area (Å²) in [5, 5.41) is 11.6. The van der Waals surface area contributed by atoms with Gasteiger partial charge in [0.25, 0.3) is 5.91 Å². The molecule has 4 atom stereocenters. The summed E-state index contributed by atoms with van der Waals surface area (Å²) in [6.45, 7) is 13.2. The monoisotopic (exact) mass is 426 g/mol. The van der Waals surface area contributed by atoms with Gasteiger partial charge in [0.1, 0.15) is 6.17 Å². The summed E-state index contributed by atoms with van der Waals surface area (Å²) >= 11 is 0. The van der Waals surface area contributed by atoms with Crippen molar-refractivity contribution in [2.24, 2.45) is 11.3 Å². The fraction of sp³-hybridized carbons (Fsp3) is 0.542. The highest BCUT2D eigenvalue weighted by Crippen LogP contribution is 2.64. The normalized spacial score (nSPS) is 32.0. The predicted octanol–water partition coefficient (Wildman–Crippen LogP) is 2.72. The summed E-state index contributed by atoms with van der Waals surface area (Å²) < 4.78 is 5.46. The molecule has 2 amide bonds. The molecule has 0 aliphatic carbocycles. The molecule has 4 rings (SSSR count). The first-order valence-corrected chi connectivity index (χ1v) is 10.7. The van der Waals surface area contributed by atoms with Gasteiger partial charge in [-0.1, -0.05) is 52.0 Å². The molecule has 0 bridgehead atoms. The standard InChI is InChI=1S/C24H30N2O5/c1-7-22(5,6)23-13-24(30)21(29)31-18(12-14(2)3)19(28)26(24)20(23)25(15(4)27)17-11-9-8-10-16(17)23/h7-11,14,18,20,30H,1,12-13H2,2-6H3. The van der Waals surface area contributed by atoms with Crippen molar-refractivity contribution in [2.45, 2.75) is 70.9 Å². The summed E-state index contributed by atoms with van der Waals surface area (Å²) in [7, 11) is 0. The van der Waals surface area contributed by atoms with Crippen molar-refractivity contribution in [1.82, 2.24) is 4.90 Å². The SMILES string of the molecule is C=CC(C)(C)C12CC3(O)C(=O)OC(CC(C)C)C(=O)N3C1N(C(C)=O)c1ccccc12. The van der Waals surface area contributed by atoms with Gasteiger partial charge in [-0.3, -0.25) is 19.4 Å². The third kappa shape index (κ3) is 2.59. The number of esters is 1. The number of nitrogens with zero attached hydrogens (tertiary/aromatic N) is 2. The third-order valence-corrected chi connectivity index (χ3v) is 7.27. The summed E-state index contributed by atoms with van der Waals surface area (Å²) in [6.07, 6.45) is 0.172. The third-order valence-electron chi connectivity index (χ3n) is 7.27. The zero-order valence-corrected chi connectivity index (χ0v) is 18.7. The Morgan fingerprint density at radius 2 is 2.00 bits per heavy atom. The number of hydrogen-bond acceptors (Lipinski definition) is 5. The van der Waals surface area contributed by atoms with Gasteiger partial charge in [-0.25, -0.2) is 4.79 Å². The Labute approximate surface area is 182 Å². The lowest BCUT2D eigenvalue weighted by Crippen LogP contribution is -2.67. The molecular weight excluding hydrogens is 396 g/mol. The molecule has 1 N–H and O–H groups in total. The zero-order valence-electron chi connectivity index (χ0n) is 18.7. The zero-order chi connectivity index (χ0) is 22.9. The van der Waals surface area contributed by atoms with Gasteiger partial charge in [-0.2, -0.15) is 0 Å². The summed E-state index contributed by atoms with van der Waals surface area (Å²) in [5.41, 5.74) is -2.27.